The Morgan fingerprint density at radius 2 is 1.03 bits per heavy atom. The lowest BCUT2D eigenvalue weighted by molar-refractivity contribution is 0.335. The van der Waals surface area contributed by atoms with Crippen molar-refractivity contribution in [3.05, 3.63) is 89.5 Å². The van der Waals surface area contributed by atoms with Gasteiger partial charge in [0, 0.05) is 13.1 Å². The summed E-state index contributed by atoms with van der Waals surface area (Å²) in [6.45, 7) is 6.76. The molecule has 0 spiro atoms. The van der Waals surface area contributed by atoms with E-state index in [0.717, 1.165) is 48.5 Å². The average Bonchev–Trinajstić information content (AvgIpc) is 3.09. The van der Waals surface area contributed by atoms with Crippen LogP contribution in [0.2, 0.25) is 0 Å². The first-order valence-electron chi connectivity index (χ1n) is 11.4. The van der Waals surface area contributed by atoms with Crippen LogP contribution >= 0.6 is 0 Å². The molecule has 0 radical (unpaired) electrons. The maximum absolute atomic E-state index is 8.94. The summed E-state index contributed by atoms with van der Waals surface area (Å²) in [5.74, 6) is 1.86. The number of fused-ring (bicyclic) bond motifs is 1. The normalized spacial score (nSPS) is 11.1. The average molecular weight is 430 g/mol. The molecule has 4 rings (SSSR count). The van der Waals surface area contributed by atoms with Crippen molar-refractivity contribution in [1.82, 2.24) is 9.13 Å². The second-order valence-corrected chi connectivity index (χ2v) is 7.70. The molecule has 0 aliphatic heterocycles. The highest BCUT2D eigenvalue weighted by molar-refractivity contribution is 5.75. The number of rotatable bonds is 10. The molecule has 4 aromatic rings. The van der Waals surface area contributed by atoms with Gasteiger partial charge in [-0.2, -0.15) is 0 Å². The summed E-state index contributed by atoms with van der Waals surface area (Å²) in [5, 5.41) is 8.94. The van der Waals surface area contributed by atoms with E-state index in [-0.39, 0.29) is 0 Å². The van der Waals surface area contributed by atoms with Gasteiger partial charge < -0.3 is 18.6 Å². The van der Waals surface area contributed by atoms with Crippen molar-refractivity contribution in [2.75, 3.05) is 13.2 Å². The number of nitrogens with one attached hydrogen (secondary N) is 1. The van der Waals surface area contributed by atoms with Crippen LogP contribution < -0.4 is 15.1 Å². The predicted molar refractivity (Wildman–Crippen MR) is 128 cm³/mol. The molecule has 0 bridgehead atoms. The van der Waals surface area contributed by atoms with Gasteiger partial charge in [0.1, 0.15) is 11.5 Å². The van der Waals surface area contributed by atoms with Crippen LogP contribution in [-0.4, -0.2) is 22.3 Å². The van der Waals surface area contributed by atoms with Crippen LogP contribution in [0.5, 0.6) is 11.5 Å². The summed E-state index contributed by atoms with van der Waals surface area (Å²) in [6.07, 6.45) is 1.63. The molecule has 5 heteroatoms. The van der Waals surface area contributed by atoms with Crippen molar-refractivity contribution in [2.45, 2.75) is 39.8 Å². The van der Waals surface area contributed by atoms with E-state index in [2.05, 4.69) is 33.4 Å². The molecule has 1 N–H and O–H groups in total. The molecule has 166 valence electrons. The second kappa shape index (κ2) is 10.2. The fraction of sp³-hybridized carbons (Fsp3) is 0.296. The maximum atomic E-state index is 8.94. The molecule has 0 fully saturated rings. The van der Waals surface area contributed by atoms with Gasteiger partial charge in [-0.3, -0.25) is 5.41 Å². The smallest absolute Gasteiger partial charge is 0.203 e. The van der Waals surface area contributed by atoms with E-state index < -0.39 is 0 Å². The molecule has 3 aromatic carbocycles. The minimum absolute atomic E-state index is 0.522. The predicted octanol–water partition coefficient (Wildman–Crippen LogP) is 5.21. The molecular weight excluding hydrogens is 398 g/mol. The maximum Gasteiger partial charge on any atom is 0.203 e. The minimum atomic E-state index is 0.522. The van der Waals surface area contributed by atoms with Crippen LogP contribution in [0.3, 0.4) is 0 Å². The zero-order chi connectivity index (χ0) is 22.3. The Bertz CT molecular complexity index is 1150. The van der Waals surface area contributed by atoms with E-state index in [4.69, 9.17) is 14.9 Å². The Balaban J connectivity index is 1.61. The fourth-order valence-corrected chi connectivity index (χ4v) is 4.23. The molecule has 0 amide bonds. The first kappa shape index (κ1) is 21.8. The summed E-state index contributed by atoms with van der Waals surface area (Å²) in [7, 11) is 0. The number of aryl methyl sites for hydroxylation is 4. The van der Waals surface area contributed by atoms with Crippen LogP contribution in [0.1, 0.15) is 25.0 Å². The Morgan fingerprint density at radius 3 is 1.47 bits per heavy atom. The summed E-state index contributed by atoms with van der Waals surface area (Å²) in [6, 6.07) is 24.6. The number of imidazole rings is 1. The van der Waals surface area contributed by atoms with Gasteiger partial charge in [-0.1, -0.05) is 48.5 Å². The molecular formula is C27H31N3O2. The molecule has 0 aliphatic rings. The lowest BCUT2D eigenvalue weighted by atomic mass is 10.1. The number of benzene rings is 3. The van der Waals surface area contributed by atoms with E-state index in [1.54, 1.807) is 0 Å². The van der Waals surface area contributed by atoms with Crippen molar-refractivity contribution < 1.29 is 9.47 Å². The van der Waals surface area contributed by atoms with E-state index >= 15 is 0 Å². The molecule has 0 aliphatic carbocycles. The number of nitrogens with zero attached hydrogens (tertiary/aromatic N) is 2. The minimum Gasteiger partial charge on any atom is -0.494 e. The van der Waals surface area contributed by atoms with Gasteiger partial charge in [-0.15, -0.1) is 0 Å². The van der Waals surface area contributed by atoms with Gasteiger partial charge >= 0.3 is 0 Å². The summed E-state index contributed by atoms with van der Waals surface area (Å²) in [5.41, 5.74) is 5.04. The monoisotopic (exact) mass is 429 g/mol. The van der Waals surface area contributed by atoms with Crippen molar-refractivity contribution in [3.8, 4) is 11.5 Å². The van der Waals surface area contributed by atoms with Crippen molar-refractivity contribution in [1.29, 1.82) is 5.41 Å². The third-order valence-corrected chi connectivity index (χ3v) is 5.73. The Morgan fingerprint density at radius 1 is 0.625 bits per heavy atom. The van der Waals surface area contributed by atoms with E-state index in [1.807, 2.05) is 62.4 Å². The highest BCUT2D eigenvalue weighted by Gasteiger charge is 2.12. The zero-order valence-corrected chi connectivity index (χ0v) is 18.9. The van der Waals surface area contributed by atoms with Gasteiger partial charge in [0.25, 0.3) is 0 Å². The number of hydrogen-bond acceptors (Lipinski definition) is 3. The third-order valence-electron chi connectivity index (χ3n) is 5.73. The third kappa shape index (κ3) is 4.57. The van der Waals surface area contributed by atoms with Crippen molar-refractivity contribution in [3.63, 3.8) is 0 Å². The molecule has 5 nitrogen and oxygen atoms in total. The standard InChI is InChI=1S/C27H31N3O2/c1-3-31-25-15-9-5-11-21(25)17-19-29-23-13-7-8-14-24(23)30(27(29)28)20-18-22-12-6-10-16-26(22)32-4-2/h5-16,28H,3-4,17-20H2,1-2H3. The quantitative estimate of drug-likeness (QED) is 0.376. The van der Waals surface area contributed by atoms with Gasteiger partial charge in [0.2, 0.25) is 5.62 Å². The molecule has 0 atom stereocenters. The summed E-state index contributed by atoms with van der Waals surface area (Å²) < 4.78 is 15.8. The second-order valence-electron chi connectivity index (χ2n) is 7.70. The number of hydrogen-bond donors (Lipinski definition) is 1. The topological polar surface area (TPSA) is 52.2 Å². The molecule has 0 unspecified atom stereocenters. The molecule has 1 aromatic heterocycles. The van der Waals surface area contributed by atoms with Crippen LogP contribution in [0.15, 0.2) is 72.8 Å². The first-order chi connectivity index (χ1) is 15.7. The van der Waals surface area contributed by atoms with Crippen molar-refractivity contribution >= 4 is 11.0 Å². The lowest BCUT2D eigenvalue weighted by Crippen LogP contribution is -2.26. The number of para-hydroxylation sites is 4. The van der Waals surface area contributed by atoms with Crippen LogP contribution in [-0.2, 0) is 25.9 Å². The molecule has 0 saturated heterocycles. The molecule has 32 heavy (non-hydrogen) atoms. The first-order valence-corrected chi connectivity index (χ1v) is 11.4. The highest BCUT2D eigenvalue weighted by Crippen LogP contribution is 2.22. The lowest BCUT2D eigenvalue weighted by Gasteiger charge is -2.11. The fourth-order valence-electron chi connectivity index (χ4n) is 4.23. The van der Waals surface area contributed by atoms with Gasteiger partial charge in [-0.05, 0) is 62.1 Å². The van der Waals surface area contributed by atoms with Crippen molar-refractivity contribution in [2.24, 2.45) is 0 Å². The summed E-state index contributed by atoms with van der Waals surface area (Å²) in [4.78, 5) is 0. The summed E-state index contributed by atoms with van der Waals surface area (Å²) >= 11 is 0. The van der Waals surface area contributed by atoms with E-state index in [0.29, 0.717) is 18.8 Å². The Kier molecular flexibility index (Phi) is 6.95. The van der Waals surface area contributed by atoms with Gasteiger partial charge in [0.05, 0.1) is 24.2 Å². The number of ether oxygens (including phenoxy) is 2. The van der Waals surface area contributed by atoms with Gasteiger partial charge in [0.15, 0.2) is 0 Å². The Labute approximate surface area is 189 Å². The highest BCUT2D eigenvalue weighted by atomic mass is 16.5. The van der Waals surface area contributed by atoms with E-state index in [1.165, 1.54) is 11.1 Å². The Hall–Kier alpha value is -3.47. The van der Waals surface area contributed by atoms with Crippen LogP contribution in [0.4, 0.5) is 0 Å². The van der Waals surface area contributed by atoms with E-state index in [9.17, 15) is 0 Å². The van der Waals surface area contributed by atoms with Crippen LogP contribution in [0.25, 0.3) is 11.0 Å². The number of aromatic nitrogens is 2. The van der Waals surface area contributed by atoms with Crippen LogP contribution in [0, 0.1) is 5.41 Å². The molecule has 1 heterocycles. The molecule has 0 saturated carbocycles. The SMILES string of the molecule is CCOc1ccccc1CCn1c(=N)n(CCc2ccccc2OCC)c2ccccc21. The van der Waals surface area contributed by atoms with Gasteiger partial charge in [-0.25, -0.2) is 0 Å². The zero-order valence-electron chi connectivity index (χ0n) is 18.9. The largest absolute Gasteiger partial charge is 0.494 e.